The lowest BCUT2D eigenvalue weighted by Crippen LogP contribution is -2.01. The van der Waals surface area contributed by atoms with Crippen LogP contribution >= 0.6 is 11.6 Å². The zero-order valence-corrected chi connectivity index (χ0v) is 9.49. The standard InChI is InChI=1S/C11H9ClFN3O/c12-8-2-1-3-9(11(8)13)17-6-7-4-16-10(14)5-15-7/h1-5H,6H2,(H2,14,16). The van der Waals surface area contributed by atoms with Crippen LogP contribution in [-0.2, 0) is 6.61 Å². The fourth-order valence-corrected chi connectivity index (χ4v) is 1.35. The van der Waals surface area contributed by atoms with Gasteiger partial charge in [0.05, 0.1) is 23.1 Å². The molecule has 1 aromatic heterocycles. The third kappa shape index (κ3) is 2.82. The van der Waals surface area contributed by atoms with Crippen molar-refractivity contribution >= 4 is 17.4 Å². The van der Waals surface area contributed by atoms with Crippen molar-refractivity contribution in [2.24, 2.45) is 0 Å². The van der Waals surface area contributed by atoms with Crippen molar-refractivity contribution in [2.45, 2.75) is 6.61 Å². The molecule has 17 heavy (non-hydrogen) atoms. The van der Waals surface area contributed by atoms with Crippen LogP contribution in [-0.4, -0.2) is 9.97 Å². The molecule has 0 aliphatic carbocycles. The SMILES string of the molecule is Nc1cnc(COc2cccc(Cl)c2F)cn1. The molecular formula is C11H9ClFN3O. The Morgan fingerprint density at radius 3 is 2.82 bits per heavy atom. The van der Waals surface area contributed by atoms with E-state index in [1.807, 2.05) is 0 Å². The molecule has 88 valence electrons. The Kier molecular flexibility index (Phi) is 3.39. The zero-order chi connectivity index (χ0) is 12.3. The number of ether oxygens (including phenoxy) is 1. The number of aromatic nitrogens is 2. The summed E-state index contributed by atoms with van der Waals surface area (Å²) in [5, 5.41) is 0.0193. The van der Waals surface area contributed by atoms with E-state index in [1.165, 1.54) is 24.5 Å². The Hall–Kier alpha value is -1.88. The van der Waals surface area contributed by atoms with E-state index in [-0.39, 0.29) is 17.4 Å². The fourth-order valence-electron chi connectivity index (χ4n) is 1.19. The largest absolute Gasteiger partial charge is 0.484 e. The summed E-state index contributed by atoms with van der Waals surface area (Å²) in [6.45, 7) is 0.102. The number of nitrogens with zero attached hydrogens (tertiary/aromatic N) is 2. The Balaban J connectivity index is 2.07. The van der Waals surface area contributed by atoms with Crippen LogP contribution in [0.5, 0.6) is 5.75 Å². The normalized spacial score (nSPS) is 10.2. The molecule has 0 fully saturated rings. The van der Waals surface area contributed by atoms with Gasteiger partial charge in [-0.05, 0) is 12.1 Å². The van der Waals surface area contributed by atoms with Gasteiger partial charge in [0.25, 0.3) is 0 Å². The Bertz CT molecular complexity index is 519. The number of hydrogen-bond donors (Lipinski definition) is 1. The molecule has 0 atom stereocenters. The second-order valence-corrected chi connectivity index (χ2v) is 3.68. The summed E-state index contributed by atoms with van der Waals surface area (Å²) in [7, 11) is 0. The highest BCUT2D eigenvalue weighted by atomic mass is 35.5. The topological polar surface area (TPSA) is 61.0 Å². The van der Waals surface area contributed by atoms with Crippen LogP contribution in [0.3, 0.4) is 0 Å². The first-order chi connectivity index (χ1) is 8.16. The average molecular weight is 254 g/mol. The van der Waals surface area contributed by atoms with Crippen LogP contribution in [0.1, 0.15) is 5.69 Å². The van der Waals surface area contributed by atoms with Crippen molar-refractivity contribution in [1.29, 1.82) is 0 Å². The van der Waals surface area contributed by atoms with Crippen LogP contribution in [0.25, 0.3) is 0 Å². The van der Waals surface area contributed by atoms with E-state index in [1.54, 1.807) is 6.07 Å². The molecule has 1 heterocycles. The molecule has 2 N–H and O–H groups in total. The van der Waals surface area contributed by atoms with Gasteiger partial charge in [-0.15, -0.1) is 0 Å². The van der Waals surface area contributed by atoms with E-state index in [4.69, 9.17) is 22.1 Å². The molecule has 0 aliphatic heterocycles. The summed E-state index contributed by atoms with van der Waals surface area (Å²) in [6, 6.07) is 4.55. The van der Waals surface area contributed by atoms with Gasteiger partial charge in [-0.25, -0.2) is 9.37 Å². The van der Waals surface area contributed by atoms with E-state index < -0.39 is 5.82 Å². The lowest BCUT2D eigenvalue weighted by Gasteiger charge is -2.07. The monoisotopic (exact) mass is 253 g/mol. The molecular weight excluding hydrogens is 245 g/mol. The molecule has 0 saturated carbocycles. The van der Waals surface area contributed by atoms with E-state index in [0.29, 0.717) is 11.5 Å². The van der Waals surface area contributed by atoms with Gasteiger partial charge in [0.2, 0.25) is 0 Å². The van der Waals surface area contributed by atoms with Gasteiger partial charge >= 0.3 is 0 Å². The molecule has 0 spiro atoms. The van der Waals surface area contributed by atoms with Crippen molar-refractivity contribution in [2.75, 3.05) is 5.73 Å². The zero-order valence-electron chi connectivity index (χ0n) is 8.73. The summed E-state index contributed by atoms with van der Waals surface area (Å²) in [5.41, 5.74) is 5.94. The first-order valence-corrected chi connectivity index (χ1v) is 5.18. The molecule has 0 aliphatic rings. The van der Waals surface area contributed by atoms with Crippen LogP contribution in [0.15, 0.2) is 30.6 Å². The number of benzene rings is 1. The molecule has 1 aromatic carbocycles. The first-order valence-electron chi connectivity index (χ1n) is 4.80. The van der Waals surface area contributed by atoms with Gasteiger partial charge in [-0.1, -0.05) is 17.7 Å². The van der Waals surface area contributed by atoms with Crippen LogP contribution < -0.4 is 10.5 Å². The molecule has 2 aromatic rings. The number of anilines is 1. The van der Waals surface area contributed by atoms with Crippen molar-refractivity contribution < 1.29 is 9.13 Å². The quantitative estimate of drug-likeness (QED) is 0.913. The third-order valence-electron chi connectivity index (χ3n) is 2.02. The fraction of sp³-hybridized carbons (Fsp3) is 0.0909. The Morgan fingerprint density at radius 1 is 1.29 bits per heavy atom. The number of nitrogen functional groups attached to an aromatic ring is 1. The molecule has 0 unspecified atom stereocenters. The molecule has 6 heteroatoms. The molecule has 0 bridgehead atoms. The first kappa shape index (κ1) is 11.6. The van der Waals surface area contributed by atoms with Crippen LogP contribution in [0.4, 0.5) is 10.2 Å². The van der Waals surface area contributed by atoms with Crippen molar-refractivity contribution in [1.82, 2.24) is 9.97 Å². The minimum Gasteiger partial charge on any atom is -0.484 e. The smallest absolute Gasteiger partial charge is 0.183 e. The van der Waals surface area contributed by atoms with Crippen molar-refractivity contribution in [3.63, 3.8) is 0 Å². The third-order valence-corrected chi connectivity index (χ3v) is 2.31. The number of rotatable bonds is 3. The minimum atomic E-state index is -0.586. The summed E-state index contributed by atoms with van der Waals surface area (Å²) in [6.07, 6.45) is 2.88. The highest BCUT2D eigenvalue weighted by Crippen LogP contribution is 2.24. The van der Waals surface area contributed by atoms with Crippen LogP contribution in [0.2, 0.25) is 5.02 Å². The van der Waals surface area contributed by atoms with E-state index in [9.17, 15) is 4.39 Å². The maximum atomic E-state index is 13.5. The summed E-state index contributed by atoms with van der Waals surface area (Å²) in [4.78, 5) is 7.82. The van der Waals surface area contributed by atoms with Gasteiger partial charge in [-0.2, -0.15) is 0 Å². The maximum Gasteiger partial charge on any atom is 0.183 e. The van der Waals surface area contributed by atoms with Gasteiger partial charge in [-0.3, -0.25) is 4.98 Å². The Labute approximate surface area is 102 Å². The predicted octanol–water partition coefficient (Wildman–Crippen LogP) is 2.43. The highest BCUT2D eigenvalue weighted by molar-refractivity contribution is 6.30. The average Bonchev–Trinajstić information content (AvgIpc) is 2.33. The predicted molar refractivity (Wildman–Crippen MR) is 62.2 cm³/mol. The molecule has 2 rings (SSSR count). The molecule has 0 radical (unpaired) electrons. The highest BCUT2D eigenvalue weighted by Gasteiger charge is 2.07. The summed E-state index contributed by atoms with van der Waals surface area (Å²) in [5.74, 6) is -0.184. The maximum absolute atomic E-state index is 13.5. The van der Waals surface area contributed by atoms with E-state index in [0.717, 1.165) is 0 Å². The second-order valence-electron chi connectivity index (χ2n) is 3.27. The number of nitrogens with two attached hydrogens (primary N) is 1. The lowest BCUT2D eigenvalue weighted by molar-refractivity contribution is 0.285. The van der Waals surface area contributed by atoms with Gasteiger partial charge in [0, 0.05) is 0 Å². The van der Waals surface area contributed by atoms with Crippen LogP contribution in [0, 0.1) is 5.82 Å². The van der Waals surface area contributed by atoms with E-state index >= 15 is 0 Å². The molecule has 4 nitrogen and oxygen atoms in total. The Morgan fingerprint density at radius 2 is 2.12 bits per heavy atom. The van der Waals surface area contributed by atoms with E-state index in [2.05, 4.69) is 9.97 Å². The van der Waals surface area contributed by atoms with Gasteiger partial charge in [0.1, 0.15) is 12.4 Å². The van der Waals surface area contributed by atoms with Gasteiger partial charge < -0.3 is 10.5 Å². The van der Waals surface area contributed by atoms with Crippen molar-refractivity contribution in [3.8, 4) is 5.75 Å². The molecule has 0 amide bonds. The van der Waals surface area contributed by atoms with Gasteiger partial charge in [0.15, 0.2) is 11.6 Å². The lowest BCUT2D eigenvalue weighted by atomic mass is 10.3. The summed E-state index contributed by atoms with van der Waals surface area (Å²) >= 11 is 5.62. The second kappa shape index (κ2) is 4.97. The van der Waals surface area contributed by atoms with Crippen molar-refractivity contribution in [3.05, 3.63) is 47.1 Å². The summed E-state index contributed by atoms with van der Waals surface area (Å²) < 4.78 is 18.7. The number of hydrogen-bond acceptors (Lipinski definition) is 4. The minimum absolute atomic E-state index is 0.0193. The number of halogens is 2. The molecule has 0 saturated heterocycles.